The number of anilines is 1. The molecule has 12 heteroatoms. The van der Waals surface area contributed by atoms with Gasteiger partial charge in [-0.2, -0.15) is 4.72 Å². The first-order valence-electron chi connectivity index (χ1n) is 9.61. The molecule has 33 heavy (non-hydrogen) atoms. The summed E-state index contributed by atoms with van der Waals surface area (Å²) in [5.41, 5.74) is 0.344. The zero-order valence-electron chi connectivity index (χ0n) is 17.5. The first-order valence-corrected chi connectivity index (χ1v) is 11.1. The number of hydrogen-bond acceptors (Lipinski definition) is 9. The second-order valence-electron chi connectivity index (χ2n) is 6.71. The second-order valence-corrected chi connectivity index (χ2v) is 8.47. The van der Waals surface area contributed by atoms with Gasteiger partial charge in [-0.15, -0.1) is 0 Å². The van der Waals surface area contributed by atoms with Crippen molar-refractivity contribution in [1.29, 1.82) is 0 Å². The molecule has 0 aliphatic carbocycles. The van der Waals surface area contributed by atoms with Gasteiger partial charge >= 0.3 is 5.97 Å². The molecule has 0 spiro atoms. The van der Waals surface area contributed by atoms with Gasteiger partial charge in [-0.25, -0.2) is 8.42 Å². The van der Waals surface area contributed by atoms with Crippen LogP contribution in [0, 0.1) is 10.1 Å². The Kier molecular flexibility index (Phi) is 7.64. The quantitative estimate of drug-likeness (QED) is 0.242. The Balaban J connectivity index is 1.61. The lowest BCUT2D eigenvalue weighted by Gasteiger charge is -2.10. The van der Waals surface area contributed by atoms with Crippen LogP contribution in [0.3, 0.4) is 0 Å². The first-order chi connectivity index (χ1) is 15.8. The van der Waals surface area contributed by atoms with Crippen LogP contribution < -0.4 is 14.8 Å². The minimum Gasteiger partial charge on any atom is -0.497 e. The van der Waals surface area contributed by atoms with Crippen LogP contribution in [-0.2, 0) is 32.7 Å². The van der Waals surface area contributed by atoms with Gasteiger partial charge in [0.1, 0.15) is 30.3 Å². The summed E-state index contributed by atoms with van der Waals surface area (Å²) in [5, 5.41) is 14.3. The fourth-order valence-electron chi connectivity index (χ4n) is 2.79. The molecule has 1 heterocycles. The highest BCUT2D eigenvalue weighted by Gasteiger charge is 2.22. The molecule has 0 saturated heterocycles. The van der Waals surface area contributed by atoms with Crippen LogP contribution in [0.5, 0.6) is 5.75 Å². The molecule has 11 nitrogen and oxygen atoms in total. The third-order valence-corrected chi connectivity index (χ3v) is 5.85. The van der Waals surface area contributed by atoms with E-state index in [9.17, 15) is 23.3 Å². The number of hydrogen-bond donors (Lipinski definition) is 2. The normalized spacial score (nSPS) is 11.1. The van der Waals surface area contributed by atoms with Crippen LogP contribution >= 0.6 is 0 Å². The Morgan fingerprint density at radius 1 is 1.15 bits per heavy atom. The van der Waals surface area contributed by atoms with Crippen molar-refractivity contribution in [2.45, 2.75) is 18.0 Å². The predicted octanol–water partition coefficient (Wildman–Crippen LogP) is 2.83. The SMILES string of the molecule is COc1cccc(COC(=O)CNS(=O)(=O)c2ccc(NCc3ccco3)c([N+](=O)[O-])c2)c1. The van der Waals surface area contributed by atoms with Crippen LogP contribution in [-0.4, -0.2) is 33.0 Å². The molecule has 3 rings (SSSR count). The van der Waals surface area contributed by atoms with Gasteiger partial charge in [0, 0.05) is 6.07 Å². The fourth-order valence-corrected chi connectivity index (χ4v) is 3.78. The number of esters is 1. The van der Waals surface area contributed by atoms with E-state index in [1.165, 1.54) is 25.5 Å². The predicted molar refractivity (Wildman–Crippen MR) is 117 cm³/mol. The van der Waals surface area contributed by atoms with Gasteiger partial charge in [0.05, 0.1) is 29.7 Å². The molecule has 0 bridgehead atoms. The van der Waals surface area contributed by atoms with Gasteiger partial charge in [0.15, 0.2) is 0 Å². The molecule has 0 unspecified atom stereocenters. The average Bonchev–Trinajstić information content (AvgIpc) is 3.34. The molecule has 0 amide bonds. The summed E-state index contributed by atoms with van der Waals surface area (Å²) in [6.45, 7) is -0.533. The highest BCUT2D eigenvalue weighted by molar-refractivity contribution is 7.89. The van der Waals surface area contributed by atoms with Crippen molar-refractivity contribution in [3.63, 3.8) is 0 Å². The highest BCUT2D eigenvalue weighted by atomic mass is 32.2. The molecular formula is C21H21N3O8S. The maximum atomic E-state index is 12.5. The standard InChI is InChI=1S/C21H21N3O8S/c1-30-16-5-2-4-15(10-16)14-32-21(25)13-23-33(28,29)18-7-8-19(20(11-18)24(26)27)22-12-17-6-3-9-31-17/h2-11,22-23H,12-14H2,1H3. The largest absolute Gasteiger partial charge is 0.497 e. The molecule has 2 aromatic carbocycles. The number of nitro groups is 1. The number of nitrogens with zero attached hydrogens (tertiary/aromatic N) is 1. The summed E-state index contributed by atoms with van der Waals surface area (Å²) in [4.78, 5) is 22.3. The monoisotopic (exact) mass is 475 g/mol. The van der Waals surface area contributed by atoms with E-state index < -0.39 is 33.1 Å². The Hall–Kier alpha value is -3.90. The van der Waals surface area contributed by atoms with Gasteiger partial charge in [-0.3, -0.25) is 14.9 Å². The van der Waals surface area contributed by atoms with Gasteiger partial charge in [0.25, 0.3) is 5.69 Å². The second kappa shape index (κ2) is 10.6. The average molecular weight is 475 g/mol. The Morgan fingerprint density at radius 3 is 2.67 bits per heavy atom. The number of sulfonamides is 1. The lowest BCUT2D eigenvalue weighted by atomic mass is 10.2. The summed E-state index contributed by atoms with van der Waals surface area (Å²) in [6.07, 6.45) is 1.47. The topological polar surface area (TPSA) is 150 Å². The molecule has 1 aromatic heterocycles. The van der Waals surface area contributed by atoms with E-state index in [1.807, 2.05) is 0 Å². The highest BCUT2D eigenvalue weighted by Crippen LogP contribution is 2.28. The van der Waals surface area contributed by atoms with Crippen molar-refractivity contribution >= 4 is 27.4 Å². The van der Waals surface area contributed by atoms with E-state index in [-0.39, 0.29) is 23.7 Å². The molecule has 0 fully saturated rings. The Labute approximate surface area is 189 Å². The number of carbonyl (C=O) groups is 1. The van der Waals surface area contributed by atoms with E-state index in [0.717, 1.165) is 6.07 Å². The summed E-state index contributed by atoms with van der Waals surface area (Å²) in [6, 6.07) is 13.6. The number of nitrogens with one attached hydrogen (secondary N) is 2. The van der Waals surface area contributed by atoms with Gasteiger partial charge in [-0.1, -0.05) is 12.1 Å². The van der Waals surface area contributed by atoms with Crippen molar-refractivity contribution in [2.75, 3.05) is 19.0 Å². The van der Waals surface area contributed by atoms with Gasteiger partial charge in [-0.05, 0) is 42.0 Å². The fraction of sp³-hybridized carbons (Fsp3) is 0.190. The lowest BCUT2D eigenvalue weighted by Crippen LogP contribution is -2.30. The van der Waals surface area contributed by atoms with Crippen molar-refractivity contribution in [3.05, 3.63) is 82.3 Å². The number of rotatable bonds is 11. The maximum Gasteiger partial charge on any atom is 0.321 e. The smallest absolute Gasteiger partial charge is 0.321 e. The number of methoxy groups -OCH3 is 1. The van der Waals surface area contributed by atoms with Crippen LogP contribution in [0.15, 0.2) is 70.2 Å². The van der Waals surface area contributed by atoms with E-state index in [4.69, 9.17) is 13.9 Å². The number of ether oxygens (including phenoxy) is 2. The van der Waals surface area contributed by atoms with E-state index in [1.54, 1.807) is 36.4 Å². The van der Waals surface area contributed by atoms with Crippen LogP contribution in [0.25, 0.3) is 0 Å². The molecule has 3 aromatic rings. The van der Waals surface area contributed by atoms with Gasteiger partial charge < -0.3 is 19.2 Å². The van der Waals surface area contributed by atoms with E-state index in [2.05, 4.69) is 10.0 Å². The van der Waals surface area contributed by atoms with Crippen LogP contribution in [0.4, 0.5) is 11.4 Å². The zero-order valence-corrected chi connectivity index (χ0v) is 18.3. The van der Waals surface area contributed by atoms with Crippen LogP contribution in [0.1, 0.15) is 11.3 Å². The first kappa shape index (κ1) is 23.8. The third kappa shape index (κ3) is 6.54. The molecule has 0 aliphatic heterocycles. The Bertz CT molecular complexity index is 1230. The molecule has 0 atom stereocenters. The number of benzene rings is 2. The van der Waals surface area contributed by atoms with Crippen molar-refractivity contribution in [3.8, 4) is 5.75 Å². The summed E-state index contributed by atoms with van der Waals surface area (Å²) >= 11 is 0. The zero-order chi connectivity index (χ0) is 23.8. The minimum absolute atomic E-state index is 0.0702. The van der Waals surface area contributed by atoms with Crippen LogP contribution in [0.2, 0.25) is 0 Å². The van der Waals surface area contributed by atoms with E-state index in [0.29, 0.717) is 17.1 Å². The van der Waals surface area contributed by atoms with Crippen molar-refractivity contribution in [1.82, 2.24) is 4.72 Å². The molecule has 0 radical (unpaired) electrons. The number of carbonyl (C=O) groups excluding carboxylic acids is 1. The number of furan rings is 1. The molecule has 0 aliphatic rings. The molecular weight excluding hydrogens is 454 g/mol. The van der Waals surface area contributed by atoms with Crippen molar-refractivity contribution in [2.24, 2.45) is 0 Å². The summed E-state index contributed by atoms with van der Waals surface area (Å²) < 4.78 is 42.5. The maximum absolute atomic E-state index is 12.5. The third-order valence-electron chi connectivity index (χ3n) is 4.45. The van der Waals surface area contributed by atoms with Gasteiger partial charge in [0.2, 0.25) is 10.0 Å². The minimum atomic E-state index is -4.20. The van der Waals surface area contributed by atoms with E-state index >= 15 is 0 Å². The summed E-state index contributed by atoms with van der Waals surface area (Å²) in [7, 11) is -2.70. The molecule has 2 N–H and O–H groups in total. The number of nitro benzene ring substituents is 1. The van der Waals surface area contributed by atoms with Crippen molar-refractivity contribution < 1.29 is 32.0 Å². The Morgan fingerprint density at radius 2 is 1.97 bits per heavy atom. The molecule has 174 valence electrons. The molecule has 0 saturated carbocycles. The summed E-state index contributed by atoms with van der Waals surface area (Å²) in [5.74, 6) is 0.329. The lowest BCUT2D eigenvalue weighted by molar-refractivity contribution is -0.384.